The second kappa shape index (κ2) is 10.4. The summed E-state index contributed by atoms with van der Waals surface area (Å²) in [7, 11) is 0. The van der Waals surface area contributed by atoms with Crippen molar-refractivity contribution in [3.05, 3.63) is 0 Å². The maximum Gasteiger partial charge on any atom is 0.408 e. The second-order valence-corrected chi connectivity index (χ2v) is 7.43. The van der Waals surface area contributed by atoms with Crippen molar-refractivity contribution in [2.24, 2.45) is 5.41 Å². The van der Waals surface area contributed by atoms with Gasteiger partial charge in [0.25, 0.3) is 0 Å². The fraction of sp³-hybridized carbons (Fsp3) is 0.706. The first-order valence-electron chi connectivity index (χ1n) is 8.33. The van der Waals surface area contributed by atoms with Crippen LogP contribution in [0.3, 0.4) is 0 Å². The van der Waals surface area contributed by atoms with Gasteiger partial charge in [0.05, 0.1) is 25.3 Å². The van der Waals surface area contributed by atoms with Crippen molar-refractivity contribution in [3.8, 4) is 6.07 Å². The van der Waals surface area contributed by atoms with Gasteiger partial charge in [-0.25, -0.2) is 4.79 Å². The second-order valence-electron chi connectivity index (χ2n) is 7.43. The van der Waals surface area contributed by atoms with E-state index in [1.54, 1.807) is 20.8 Å². The lowest BCUT2D eigenvalue weighted by Crippen LogP contribution is -2.38. The van der Waals surface area contributed by atoms with Gasteiger partial charge in [-0.2, -0.15) is 5.26 Å². The summed E-state index contributed by atoms with van der Waals surface area (Å²) in [5.74, 6) is -3.91. The SMILES string of the molecule is CC(C)(C)OC(=O)N[C@@H](C#N)CCCC(CC(=O)O)(CC(=O)O)CC(=O)O. The van der Waals surface area contributed by atoms with E-state index < -0.39 is 60.3 Å². The van der Waals surface area contributed by atoms with E-state index in [4.69, 9.17) is 25.3 Å². The summed E-state index contributed by atoms with van der Waals surface area (Å²) in [6, 6.07) is 0.933. The Morgan fingerprint density at radius 1 is 1.00 bits per heavy atom. The Bertz CT molecular complexity index is 562. The number of nitrogens with one attached hydrogen (secondary N) is 1. The number of alkyl carbamates (subject to hydrolysis) is 1. The third-order valence-electron chi connectivity index (χ3n) is 3.63. The normalized spacial score (nSPS) is 12.5. The summed E-state index contributed by atoms with van der Waals surface area (Å²) >= 11 is 0. The molecule has 1 atom stereocenters. The standard InChI is InChI=1S/C17H26N2O8/c1-16(2,3)27-15(26)19-11(10-18)5-4-6-17(7-12(20)21,8-13(22)23)9-14(24)25/h11H,4-9H2,1-3H3,(H,19,26)(H,20,21)(H,22,23)(H,24,25)/t11-/m1/s1. The Labute approximate surface area is 157 Å². The smallest absolute Gasteiger partial charge is 0.408 e. The zero-order chi connectivity index (χ0) is 21.3. The van der Waals surface area contributed by atoms with Gasteiger partial charge in [0.15, 0.2) is 0 Å². The monoisotopic (exact) mass is 386 g/mol. The van der Waals surface area contributed by atoms with Crippen LogP contribution >= 0.6 is 0 Å². The van der Waals surface area contributed by atoms with Crippen molar-refractivity contribution >= 4 is 24.0 Å². The number of hydrogen-bond acceptors (Lipinski definition) is 6. The van der Waals surface area contributed by atoms with Crippen LogP contribution in [-0.4, -0.2) is 51.0 Å². The van der Waals surface area contributed by atoms with Crippen LogP contribution in [-0.2, 0) is 19.1 Å². The predicted molar refractivity (Wildman–Crippen MR) is 91.8 cm³/mol. The van der Waals surface area contributed by atoms with Crippen LogP contribution in [0.25, 0.3) is 0 Å². The Morgan fingerprint density at radius 2 is 1.44 bits per heavy atom. The van der Waals surface area contributed by atoms with E-state index in [2.05, 4.69) is 5.32 Å². The molecule has 1 amide bonds. The number of carbonyl (C=O) groups is 4. The Balaban J connectivity index is 5.00. The molecule has 0 saturated heterocycles. The summed E-state index contributed by atoms with van der Waals surface area (Å²) < 4.78 is 5.04. The van der Waals surface area contributed by atoms with Gasteiger partial charge in [-0.05, 0) is 40.0 Å². The quantitative estimate of drug-likeness (QED) is 0.414. The van der Waals surface area contributed by atoms with Gasteiger partial charge in [-0.3, -0.25) is 14.4 Å². The maximum atomic E-state index is 11.7. The van der Waals surface area contributed by atoms with Crippen molar-refractivity contribution in [1.82, 2.24) is 5.32 Å². The molecule has 0 aliphatic carbocycles. The van der Waals surface area contributed by atoms with E-state index >= 15 is 0 Å². The van der Waals surface area contributed by atoms with Crippen LogP contribution in [0, 0.1) is 16.7 Å². The number of nitrogens with zero attached hydrogens (tertiary/aromatic N) is 1. The van der Waals surface area contributed by atoms with Crippen LogP contribution in [0.4, 0.5) is 4.79 Å². The van der Waals surface area contributed by atoms with E-state index in [9.17, 15) is 19.2 Å². The van der Waals surface area contributed by atoms with Crippen molar-refractivity contribution in [1.29, 1.82) is 5.26 Å². The van der Waals surface area contributed by atoms with E-state index in [1.807, 2.05) is 6.07 Å². The molecule has 0 aliphatic rings. The van der Waals surface area contributed by atoms with E-state index in [1.165, 1.54) is 0 Å². The van der Waals surface area contributed by atoms with Crippen molar-refractivity contribution in [2.45, 2.75) is 70.9 Å². The highest BCUT2D eigenvalue weighted by molar-refractivity contribution is 5.75. The molecular weight excluding hydrogens is 360 g/mol. The van der Waals surface area contributed by atoms with E-state index in [-0.39, 0.29) is 19.3 Å². The molecule has 0 bridgehead atoms. The summed E-state index contributed by atoms with van der Waals surface area (Å²) in [6.07, 6.45) is -2.45. The van der Waals surface area contributed by atoms with Gasteiger partial charge in [0.1, 0.15) is 11.6 Å². The molecule has 0 aromatic rings. The van der Waals surface area contributed by atoms with Crippen LogP contribution in [0.2, 0.25) is 0 Å². The highest BCUT2D eigenvalue weighted by atomic mass is 16.6. The van der Waals surface area contributed by atoms with E-state index in [0.29, 0.717) is 0 Å². The minimum atomic E-state index is -1.48. The number of aliphatic carboxylic acids is 3. The van der Waals surface area contributed by atoms with Gasteiger partial charge in [0, 0.05) is 5.41 Å². The lowest BCUT2D eigenvalue weighted by atomic mass is 9.74. The van der Waals surface area contributed by atoms with E-state index in [0.717, 1.165) is 0 Å². The first-order chi connectivity index (χ1) is 12.3. The molecule has 0 fully saturated rings. The number of ether oxygens (including phenoxy) is 1. The molecule has 0 aromatic heterocycles. The van der Waals surface area contributed by atoms with Gasteiger partial charge in [0.2, 0.25) is 0 Å². The molecule has 0 unspecified atom stereocenters. The minimum absolute atomic E-state index is 0.0356. The summed E-state index contributed by atoms with van der Waals surface area (Å²) in [6.45, 7) is 4.98. The molecule has 0 radical (unpaired) electrons. The van der Waals surface area contributed by atoms with Gasteiger partial charge >= 0.3 is 24.0 Å². The lowest BCUT2D eigenvalue weighted by molar-refractivity contribution is -0.147. The molecule has 4 N–H and O–H groups in total. The summed E-state index contributed by atoms with van der Waals surface area (Å²) in [4.78, 5) is 45.0. The third kappa shape index (κ3) is 11.4. The number of nitriles is 1. The molecule has 152 valence electrons. The average Bonchev–Trinajstić information content (AvgIpc) is 2.41. The van der Waals surface area contributed by atoms with Crippen LogP contribution in [0.5, 0.6) is 0 Å². The Hall–Kier alpha value is -2.83. The number of carboxylic acids is 3. The van der Waals surface area contributed by atoms with Gasteiger partial charge in [-0.15, -0.1) is 0 Å². The van der Waals surface area contributed by atoms with Crippen LogP contribution < -0.4 is 5.32 Å². The highest BCUT2D eigenvalue weighted by Crippen LogP contribution is 2.37. The zero-order valence-corrected chi connectivity index (χ0v) is 15.7. The molecule has 0 heterocycles. The van der Waals surface area contributed by atoms with Crippen molar-refractivity contribution in [2.75, 3.05) is 0 Å². The third-order valence-corrected chi connectivity index (χ3v) is 3.63. The number of hydrogen-bond donors (Lipinski definition) is 4. The Morgan fingerprint density at radius 3 is 1.78 bits per heavy atom. The summed E-state index contributed by atoms with van der Waals surface area (Å²) in [5.41, 5.74) is -2.22. The minimum Gasteiger partial charge on any atom is -0.481 e. The molecule has 0 aromatic carbocycles. The van der Waals surface area contributed by atoms with Crippen LogP contribution in [0.15, 0.2) is 0 Å². The number of rotatable bonds is 11. The molecule has 0 saturated carbocycles. The van der Waals surface area contributed by atoms with Gasteiger partial charge in [-0.1, -0.05) is 0 Å². The van der Waals surface area contributed by atoms with Gasteiger partial charge < -0.3 is 25.4 Å². The fourth-order valence-electron chi connectivity index (χ4n) is 2.72. The van der Waals surface area contributed by atoms with Crippen LogP contribution in [0.1, 0.15) is 59.3 Å². The molecule has 10 heteroatoms. The fourth-order valence-corrected chi connectivity index (χ4v) is 2.72. The number of carboxylic acid groups (broad SMARTS) is 3. The first-order valence-corrected chi connectivity index (χ1v) is 8.33. The summed E-state index contributed by atoms with van der Waals surface area (Å²) in [5, 5.41) is 38.6. The first kappa shape index (κ1) is 24.2. The molecular formula is C17H26N2O8. The number of carbonyl (C=O) groups excluding carboxylic acids is 1. The lowest BCUT2D eigenvalue weighted by Gasteiger charge is -2.29. The molecule has 0 spiro atoms. The van der Waals surface area contributed by atoms with Crippen molar-refractivity contribution < 1.29 is 39.2 Å². The Kier molecular flexibility index (Phi) is 9.27. The molecule has 10 nitrogen and oxygen atoms in total. The van der Waals surface area contributed by atoms with Crippen molar-refractivity contribution in [3.63, 3.8) is 0 Å². The number of amides is 1. The maximum absolute atomic E-state index is 11.7. The average molecular weight is 386 g/mol. The molecule has 27 heavy (non-hydrogen) atoms. The largest absolute Gasteiger partial charge is 0.481 e. The topological polar surface area (TPSA) is 174 Å². The predicted octanol–water partition coefficient (Wildman–Crippen LogP) is 1.98. The molecule has 0 rings (SSSR count). The highest BCUT2D eigenvalue weighted by Gasteiger charge is 2.37. The zero-order valence-electron chi connectivity index (χ0n) is 15.7. The molecule has 0 aliphatic heterocycles.